The highest BCUT2D eigenvalue weighted by atomic mass is 127. The standard InChI is InChI=1S/C5H6BrIN2O/c1-9-4(6)3(10-2)5(7)8-9/h1-2H3. The summed E-state index contributed by atoms with van der Waals surface area (Å²) >= 11 is 5.45. The number of aromatic nitrogens is 2. The van der Waals surface area contributed by atoms with E-state index in [1.165, 1.54) is 0 Å². The van der Waals surface area contributed by atoms with Gasteiger partial charge in [0.25, 0.3) is 0 Å². The van der Waals surface area contributed by atoms with E-state index in [9.17, 15) is 0 Å². The van der Waals surface area contributed by atoms with Crippen molar-refractivity contribution in [2.45, 2.75) is 0 Å². The number of methoxy groups -OCH3 is 1. The summed E-state index contributed by atoms with van der Waals surface area (Å²) in [5, 5.41) is 4.11. The average Bonchev–Trinajstić information content (AvgIpc) is 2.09. The predicted octanol–water partition coefficient (Wildman–Crippen LogP) is 1.80. The molecule has 3 nitrogen and oxygen atoms in total. The largest absolute Gasteiger partial charge is 0.491 e. The third-order valence-corrected chi connectivity index (χ3v) is 2.68. The van der Waals surface area contributed by atoms with Crippen molar-refractivity contribution in [3.8, 4) is 5.75 Å². The molecular weight excluding hydrogens is 311 g/mol. The van der Waals surface area contributed by atoms with Crippen molar-refractivity contribution in [2.24, 2.45) is 7.05 Å². The van der Waals surface area contributed by atoms with Crippen LogP contribution in [0, 0.1) is 3.70 Å². The fraction of sp³-hybridized carbons (Fsp3) is 0.400. The zero-order valence-electron chi connectivity index (χ0n) is 5.56. The van der Waals surface area contributed by atoms with Gasteiger partial charge in [0.1, 0.15) is 4.60 Å². The maximum absolute atomic E-state index is 5.06. The lowest BCUT2D eigenvalue weighted by Crippen LogP contribution is -1.89. The van der Waals surface area contributed by atoms with Gasteiger partial charge in [0.2, 0.25) is 0 Å². The van der Waals surface area contributed by atoms with Crippen molar-refractivity contribution in [3.05, 3.63) is 8.30 Å². The van der Waals surface area contributed by atoms with Crippen molar-refractivity contribution < 1.29 is 4.74 Å². The predicted molar refractivity (Wildman–Crippen MR) is 50.2 cm³/mol. The maximum Gasteiger partial charge on any atom is 0.184 e. The second-order valence-corrected chi connectivity index (χ2v) is 3.51. The van der Waals surface area contributed by atoms with Gasteiger partial charge in [-0.05, 0) is 38.5 Å². The normalized spacial score (nSPS) is 10.0. The van der Waals surface area contributed by atoms with Gasteiger partial charge in [-0.25, -0.2) is 0 Å². The molecule has 1 aromatic rings. The van der Waals surface area contributed by atoms with Crippen LogP contribution in [-0.2, 0) is 7.05 Å². The highest BCUT2D eigenvalue weighted by Gasteiger charge is 2.10. The summed E-state index contributed by atoms with van der Waals surface area (Å²) in [4.78, 5) is 0. The molecular formula is C5H6BrIN2O. The minimum Gasteiger partial charge on any atom is -0.491 e. The first-order chi connectivity index (χ1) is 4.66. The fourth-order valence-corrected chi connectivity index (χ4v) is 2.22. The van der Waals surface area contributed by atoms with Crippen LogP contribution in [0.25, 0.3) is 0 Å². The van der Waals surface area contributed by atoms with E-state index in [0.717, 1.165) is 14.1 Å². The Morgan fingerprint density at radius 3 is 2.50 bits per heavy atom. The van der Waals surface area contributed by atoms with Crippen molar-refractivity contribution >= 4 is 38.5 Å². The number of hydrogen-bond donors (Lipinski definition) is 0. The van der Waals surface area contributed by atoms with E-state index < -0.39 is 0 Å². The molecule has 0 saturated heterocycles. The van der Waals surface area contributed by atoms with Crippen molar-refractivity contribution in [1.29, 1.82) is 0 Å². The number of hydrogen-bond acceptors (Lipinski definition) is 2. The summed E-state index contributed by atoms with van der Waals surface area (Å²) in [6.07, 6.45) is 0. The summed E-state index contributed by atoms with van der Waals surface area (Å²) in [6, 6.07) is 0. The van der Waals surface area contributed by atoms with Crippen molar-refractivity contribution in [1.82, 2.24) is 9.78 Å². The molecule has 56 valence electrons. The van der Waals surface area contributed by atoms with E-state index in [2.05, 4.69) is 43.6 Å². The van der Waals surface area contributed by atoms with Gasteiger partial charge >= 0.3 is 0 Å². The smallest absolute Gasteiger partial charge is 0.184 e. The third kappa shape index (κ3) is 1.29. The molecule has 0 aliphatic rings. The van der Waals surface area contributed by atoms with Crippen LogP contribution in [0.1, 0.15) is 0 Å². The van der Waals surface area contributed by atoms with E-state index in [4.69, 9.17) is 4.74 Å². The Kier molecular flexibility index (Phi) is 2.56. The van der Waals surface area contributed by atoms with Crippen LogP contribution in [0.4, 0.5) is 0 Å². The Morgan fingerprint density at radius 1 is 1.70 bits per heavy atom. The lowest BCUT2D eigenvalue weighted by Gasteiger charge is -1.94. The second-order valence-electron chi connectivity index (χ2n) is 1.74. The lowest BCUT2D eigenvalue weighted by molar-refractivity contribution is 0.408. The Balaban J connectivity index is 3.20. The van der Waals surface area contributed by atoms with Crippen LogP contribution >= 0.6 is 38.5 Å². The molecule has 5 heteroatoms. The molecule has 0 aliphatic heterocycles. The highest BCUT2D eigenvalue weighted by Crippen LogP contribution is 2.28. The minimum atomic E-state index is 0.795. The zero-order chi connectivity index (χ0) is 7.72. The van der Waals surface area contributed by atoms with E-state index in [0.29, 0.717) is 0 Å². The molecule has 0 aliphatic carbocycles. The Bertz CT molecular complexity index is 248. The van der Waals surface area contributed by atoms with Gasteiger partial charge in [-0.2, -0.15) is 5.10 Å². The molecule has 0 bridgehead atoms. The molecule has 0 unspecified atom stereocenters. The summed E-state index contributed by atoms with van der Waals surface area (Å²) < 4.78 is 8.53. The number of halogens is 2. The minimum absolute atomic E-state index is 0.795. The molecule has 0 atom stereocenters. The van der Waals surface area contributed by atoms with Crippen LogP contribution < -0.4 is 4.74 Å². The molecule has 0 aromatic carbocycles. The highest BCUT2D eigenvalue weighted by molar-refractivity contribution is 14.1. The van der Waals surface area contributed by atoms with E-state index in [1.54, 1.807) is 11.8 Å². The van der Waals surface area contributed by atoms with Gasteiger partial charge in [0, 0.05) is 7.05 Å². The molecule has 0 amide bonds. The first kappa shape index (κ1) is 8.32. The van der Waals surface area contributed by atoms with Gasteiger partial charge in [0.05, 0.1) is 7.11 Å². The molecule has 0 fully saturated rings. The quantitative estimate of drug-likeness (QED) is 0.739. The molecule has 1 aromatic heterocycles. The summed E-state index contributed by atoms with van der Waals surface area (Å²) in [5.41, 5.74) is 0. The van der Waals surface area contributed by atoms with Crippen molar-refractivity contribution in [3.63, 3.8) is 0 Å². The Labute approximate surface area is 81.0 Å². The van der Waals surface area contributed by atoms with E-state index in [-0.39, 0.29) is 0 Å². The number of ether oxygens (including phenoxy) is 1. The maximum atomic E-state index is 5.06. The average molecular weight is 317 g/mol. The van der Waals surface area contributed by atoms with Crippen LogP contribution in [-0.4, -0.2) is 16.9 Å². The second kappa shape index (κ2) is 3.08. The van der Waals surface area contributed by atoms with E-state index >= 15 is 0 Å². The van der Waals surface area contributed by atoms with Gasteiger partial charge in [0.15, 0.2) is 9.45 Å². The van der Waals surface area contributed by atoms with Gasteiger partial charge in [-0.1, -0.05) is 0 Å². The van der Waals surface area contributed by atoms with Crippen molar-refractivity contribution in [2.75, 3.05) is 7.11 Å². The summed E-state index contributed by atoms with van der Waals surface area (Å²) in [6.45, 7) is 0. The molecule has 10 heavy (non-hydrogen) atoms. The Morgan fingerprint density at radius 2 is 2.30 bits per heavy atom. The SMILES string of the molecule is COc1c(I)nn(C)c1Br. The third-order valence-electron chi connectivity index (χ3n) is 1.10. The fourth-order valence-electron chi connectivity index (χ4n) is 0.622. The molecule has 1 heterocycles. The topological polar surface area (TPSA) is 27.1 Å². The lowest BCUT2D eigenvalue weighted by atomic mass is 10.7. The van der Waals surface area contributed by atoms with E-state index in [1.807, 2.05) is 7.05 Å². The van der Waals surface area contributed by atoms with Crippen LogP contribution in [0.5, 0.6) is 5.75 Å². The summed E-state index contributed by atoms with van der Waals surface area (Å²) in [7, 11) is 3.48. The zero-order valence-corrected chi connectivity index (χ0v) is 9.30. The van der Waals surface area contributed by atoms with Crippen LogP contribution in [0.2, 0.25) is 0 Å². The first-order valence-electron chi connectivity index (χ1n) is 2.58. The number of nitrogens with zero attached hydrogens (tertiary/aromatic N) is 2. The first-order valence-corrected chi connectivity index (χ1v) is 4.46. The molecule has 0 spiro atoms. The monoisotopic (exact) mass is 316 g/mol. The van der Waals surface area contributed by atoms with Gasteiger partial charge in [-0.3, -0.25) is 4.68 Å². The molecule has 0 N–H and O–H groups in total. The van der Waals surface area contributed by atoms with Gasteiger partial charge in [-0.15, -0.1) is 0 Å². The van der Waals surface area contributed by atoms with Gasteiger partial charge < -0.3 is 4.74 Å². The molecule has 0 saturated carbocycles. The van der Waals surface area contributed by atoms with Crippen LogP contribution in [0.15, 0.2) is 4.60 Å². The van der Waals surface area contributed by atoms with Crippen LogP contribution in [0.3, 0.4) is 0 Å². The Hall–Kier alpha value is 0.220. The summed E-state index contributed by atoms with van der Waals surface area (Å²) in [5.74, 6) is 0.795. The number of aryl methyl sites for hydroxylation is 1. The number of rotatable bonds is 1. The molecule has 1 rings (SSSR count). The molecule has 0 radical (unpaired) electrons.